The van der Waals surface area contributed by atoms with E-state index < -0.39 is 0 Å². The molecule has 2 heteroatoms. The summed E-state index contributed by atoms with van der Waals surface area (Å²) in [6, 6.07) is 10.6. The molecule has 0 amide bonds. The minimum absolute atomic E-state index is 0.177. The predicted molar refractivity (Wildman–Crippen MR) is 50.8 cm³/mol. The lowest BCUT2D eigenvalue weighted by Gasteiger charge is -2.03. The third-order valence-corrected chi connectivity index (χ3v) is 2.09. The van der Waals surface area contributed by atoms with E-state index in [2.05, 4.69) is 0 Å². The third-order valence-electron chi connectivity index (χ3n) is 2.09. The lowest BCUT2D eigenvalue weighted by molar-refractivity contribution is 0.629. The number of aryl methyl sites for hydroxylation is 1. The maximum Gasteiger partial charge on any atom is 0.132 e. The van der Waals surface area contributed by atoms with Gasteiger partial charge in [-0.2, -0.15) is 0 Å². The van der Waals surface area contributed by atoms with Crippen LogP contribution in [0.5, 0.6) is 0 Å². The van der Waals surface area contributed by atoms with Gasteiger partial charge in [0.05, 0.1) is 5.69 Å². The number of aromatic nitrogens is 1. The predicted octanol–water partition coefficient (Wildman–Crippen LogP) is 2.83. The molecule has 0 N–H and O–H groups in total. The first-order chi connectivity index (χ1) is 6.29. The molecule has 0 saturated carbocycles. The van der Waals surface area contributed by atoms with E-state index in [1.165, 1.54) is 6.07 Å². The molecule has 1 nitrogen and oxygen atoms in total. The van der Waals surface area contributed by atoms with E-state index in [0.717, 1.165) is 5.69 Å². The normalized spacial score (nSPS) is 10.3. The van der Waals surface area contributed by atoms with Gasteiger partial charge >= 0.3 is 0 Å². The Bertz CT molecular complexity index is 418. The van der Waals surface area contributed by atoms with Gasteiger partial charge < -0.3 is 4.57 Å². The number of hydrogen-bond acceptors (Lipinski definition) is 0. The van der Waals surface area contributed by atoms with Gasteiger partial charge in [-0.3, -0.25) is 0 Å². The van der Waals surface area contributed by atoms with Gasteiger partial charge in [0, 0.05) is 18.8 Å². The van der Waals surface area contributed by atoms with E-state index >= 15 is 0 Å². The molecule has 2 aromatic rings. The molecule has 1 aromatic heterocycles. The van der Waals surface area contributed by atoms with E-state index in [4.69, 9.17) is 0 Å². The van der Waals surface area contributed by atoms with Gasteiger partial charge in [-0.1, -0.05) is 12.1 Å². The number of nitrogens with zero attached hydrogens (tertiary/aromatic N) is 1. The zero-order valence-corrected chi connectivity index (χ0v) is 7.37. The molecule has 0 aliphatic rings. The Kier molecular flexibility index (Phi) is 1.89. The van der Waals surface area contributed by atoms with Gasteiger partial charge in [0.2, 0.25) is 0 Å². The van der Waals surface area contributed by atoms with E-state index in [0.29, 0.717) is 5.56 Å². The maximum absolute atomic E-state index is 13.3. The molecule has 0 saturated heterocycles. The minimum atomic E-state index is -0.177. The van der Waals surface area contributed by atoms with Gasteiger partial charge in [-0.15, -0.1) is 0 Å². The molecule has 0 fully saturated rings. The largest absolute Gasteiger partial charge is 0.350 e. The lowest BCUT2D eigenvalue weighted by atomic mass is 10.1. The zero-order valence-electron chi connectivity index (χ0n) is 7.37. The fourth-order valence-electron chi connectivity index (χ4n) is 1.41. The molecule has 0 bridgehead atoms. The summed E-state index contributed by atoms with van der Waals surface area (Å²) in [6.07, 6.45) is 1.90. The molecule has 2 rings (SSSR count). The van der Waals surface area contributed by atoms with Crippen LogP contribution in [-0.4, -0.2) is 4.57 Å². The Morgan fingerprint density at radius 1 is 1.08 bits per heavy atom. The van der Waals surface area contributed by atoms with Crippen molar-refractivity contribution in [2.75, 3.05) is 0 Å². The summed E-state index contributed by atoms with van der Waals surface area (Å²) in [6.45, 7) is 0. The van der Waals surface area contributed by atoms with Crippen LogP contribution in [0, 0.1) is 5.82 Å². The Morgan fingerprint density at radius 3 is 2.46 bits per heavy atom. The Balaban J connectivity index is 2.59. The lowest BCUT2D eigenvalue weighted by Crippen LogP contribution is -1.91. The Hall–Kier alpha value is -1.57. The second kappa shape index (κ2) is 3.05. The Labute approximate surface area is 76.4 Å². The number of halogens is 1. The topological polar surface area (TPSA) is 4.93 Å². The van der Waals surface area contributed by atoms with Crippen molar-refractivity contribution in [1.29, 1.82) is 0 Å². The van der Waals surface area contributed by atoms with Gasteiger partial charge in [-0.05, 0) is 24.3 Å². The first-order valence-electron chi connectivity index (χ1n) is 4.15. The fraction of sp³-hybridized carbons (Fsp3) is 0.0909. The van der Waals surface area contributed by atoms with Crippen LogP contribution in [0.15, 0.2) is 42.6 Å². The highest BCUT2D eigenvalue weighted by Gasteiger charge is 2.05. The van der Waals surface area contributed by atoms with Crippen LogP contribution < -0.4 is 0 Å². The quantitative estimate of drug-likeness (QED) is 0.628. The number of hydrogen-bond donors (Lipinski definition) is 0. The van der Waals surface area contributed by atoms with Crippen LogP contribution in [0.2, 0.25) is 0 Å². The summed E-state index contributed by atoms with van der Waals surface area (Å²) < 4.78 is 15.2. The molecule has 0 aliphatic heterocycles. The summed E-state index contributed by atoms with van der Waals surface area (Å²) in [5.41, 5.74) is 1.55. The molecule has 1 heterocycles. The summed E-state index contributed by atoms with van der Waals surface area (Å²) in [4.78, 5) is 0. The van der Waals surface area contributed by atoms with Crippen molar-refractivity contribution in [3.8, 4) is 11.3 Å². The average Bonchev–Trinajstić information content (AvgIpc) is 2.52. The van der Waals surface area contributed by atoms with Crippen LogP contribution in [0.4, 0.5) is 4.39 Å². The SMILES string of the molecule is Cn1cccc1-c1ccccc1F. The summed E-state index contributed by atoms with van der Waals surface area (Å²) in [7, 11) is 1.90. The van der Waals surface area contributed by atoms with Crippen molar-refractivity contribution in [3.63, 3.8) is 0 Å². The van der Waals surface area contributed by atoms with Gasteiger partial charge in [0.15, 0.2) is 0 Å². The van der Waals surface area contributed by atoms with Crippen molar-refractivity contribution in [3.05, 3.63) is 48.4 Å². The minimum Gasteiger partial charge on any atom is -0.350 e. The van der Waals surface area contributed by atoms with Crippen molar-refractivity contribution in [2.24, 2.45) is 7.05 Å². The molecule has 0 unspecified atom stereocenters. The second-order valence-electron chi connectivity index (χ2n) is 2.98. The summed E-state index contributed by atoms with van der Waals surface area (Å²) in [5, 5.41) is 0. The summed E-state index contributed by atoms with van der Waals surface area (Å²) in [5.74, 6) is -0.177. The first kappa shape index (κ1) is 8.05. The molecule has 0 atom stereocenters. The highest BCUT2D eigenvalue weighted by atomic mass is 19.1. The monoisotopic (exact) mass is 175 g/mol. The highest BCUT2D eigenvalue weighted by Crippen LogP contribution is 2.21. The number of benzene rings is 1. The van der Waals surface area contributed by atoms with E-state index in [1.54, 1.807) is 12.1 Å². The van der Waals surface area contributed by atoms with Crippen molar-refractivity contribution < 1.29 is 4.39 Å². The van der Waals surface area contributed by atoms with Crippen molar-refractivity contribution in [2.45, 2.75) is 0 Å². The summed E-state index contributed by atoms with van der Waals surface area (Å²) >= 11 is 0. The van der Waals surface area contributed by atoms with E-state index in [1.807, 2.05) is 36.0 Å². The van der Waals surface area contributed by atoms with Crippen LogP contribution >= 0.6 is 0 Å². The molecule has 0 radical (unpaired) electrons. The zero-order chi connectivity index (χ0) is 9.26. The second-order valence-corrected chi connectivity index (χ2v) is 2.98. The molecule has 13 heavy (non-hydrogen) atoms. The highest BCUT2D eigenvalue weighted by molar-refractivity contribution is 5.60. The molecule has 1 aromatic carbocycles. The molecular formula is C11H10FN. The van der Waals surface area contributed by atoms with Crippen LogP contribution in [0.3, 0.4) is 0 Å². The van der Waals surface area contributed by atoms with Crippen LogP contribution in [-0.2, 0) is 7.05 Å². The fourth-order valence-corrected chi connectivity index (χ4v) is 1.41. The maximum atomic E-state index is 13.3. The third kappa shape index (κ3) is 1.35. The standard InChI is InChI=1S/C11H10FN/c1-13-8-4-7-11(13)9-5-2-3-6-10(9)12/h2-8H,1H3. The Morgan fingerprint density at radius 2 is 1.85 bits per heavy atom. The molecule has 66 valence electrons. The van der Waals surface area contributed by atoms with Crippen LogP contribution in [0.25, 0.3) is 11.3 Å². The number of rotatable bonds is 1. The van der Waals surface area contributed by atoms with E-state index in [-0.39, 0.29) is 5.82 Å². The molecule has 0 spiro atoms. The van der Waals surface area contributed by atoms with Crippen LogP contribution in [0.1, 0.15) is 0 Å². The van der Waals surface area contributed by atoms with Crippen molar-refractivity contribution in [1.82, 2.24) is 4.57 Å². The van der Waals surface area contributed by atoms with E-state index in [9.17, 15) is 4.39 Å². The van der Waals surface area contributed by atoms with Gasteiger partial charge in [-0.25, -0.2) is 4.39 Å². The van der Waals surface area contributed by atoms with Crippen molar-refractivity contribution >= 4 is 0 Å². The smallest absolute Gasteiger partial charge is 0.132 e. The first-order valence-corrected chi connectivity index (χ1v) is 4.15. The molecule has 0 aliphatic carbocycles. The average molecular weight is 175 g/mol. The molecular weight excluding hydrogens is 165 g/mol. The van der Waals surface area contributed by atoms with Gasteiger partial charge in [0.1, 0.15) is 5.82 Å². The van der Waals surface area contributed by atoms with Gasteiger partial charge in [0.25, 0.3) is 0 Å².